The van der Waals surface area contributed by atoms with E-state index in [-0.39, 0.29) is 18.4 Å². The molecule has 0 bridgehead atoms. The average molecular weight is 213 g/mol. The van der Waals surface area contributed by atoms with Crippen molar-refractivity contribution in [3.05, 3.63) is 0 Å². The van der Waals surface area contributed by atoms with Gasteiger partial charge in [0.2, 0.25) is 11.8 Å². The first kappa shape index (κ1) is 12.0. The molecule has 2 amide bonds. The van der Waals surface area contributed by atoms with Crippen molar-refractivity contribution in [1.29, 1.82) is 0 Å². The summed E-state index contributed by atoms with van der Waals surface area (Å²) in [6.45, 7) is 1.29. The summed E-state index contributed by atoms with van der Waals surface area (Å²) in [5.74, 6) is 0.553. The maximum Gasteiger partial charge on any atom is 0.241 e. The summed E-state index contributed by atoms with van der Waals surface area (Å²) >= 11 is 0. The van der Waals surface area contributed by atoms with Crippen LogP contribution in [0.5, 0.6) is 0 Å². The van der Waals surface area contributed by atoms with Crippen molar-refractivity contribution in [2.75, 3.05) is 33.7 Å². The molecule has 0 unspecified atom stereocenters. The van der Waals surface area contributed by atoms with Gasteiger partial charge in [-0.2, -0.15) is 0 Å². The van der Waals surface area contributed by atoms with Crippen LogP contribution in [-0.2, 0) is 9.59 Å². The van der Waals surface area contributed by atoms with Gasteiger partial charge in [-0.1, -0.05) is 0 Å². The van der Waals surface area contributed by atoms with Gasteiger partial charge >= 0.3 is 0 Å². The third-order valence-electron chi connectivity index (χ3n) is 2.35. The maximum atomic E-state index is 11.2. The summed E-state index contributed by atoms with van der Waals surface area (Å²) in [7, 11) is 3.33. The minimum absolute atomic E-state index is 0.0803. The third-order valence-corrected chi connectivity index (χ3v) is 2.35. The standard InChI is InChI=1S/C10H19N3O2/c1-13(2)10(15)7-12-9(14)6-11-5-8-3-4-8/h8,11H,3-7H2,1-2H3,(H,12,14). The van der Waals surface area contributed by atoms with E-state index < -0.39 is 0 Å². The highest BCUT2D eigenvalue weighted by atomic mass is 16.2. The van der Waals surface area contributed by atoms with Crippen LogP contribution < -0.4 is 10.6 Å². The molecular weight excluding hydrogens is 194 g/mol. The number of amides is 2. The Morgan fingerprint density at radius 3 is 2.47 bits per heavy atom. The van der Waals surface area contributed by atoms with Crippen LogP contribution >= 0.6 is 0 Å². The molecule has 0 aromatic carbocycles. The number of nitrogens with one attached hydrogen (secondary N) is 2. The Morgan fingerprint density at radius 1 is 1.27 bits per heavy atom. The fourth-order valence-corrected chi connectivity index (χ4v) is 1.11. The Balaban J connectivity index is 1.99. The lowest BCUT2D eigenvalue weighted by Gasteiger charge is -2.11. The van der Waals surface area contributed by atoms with Crippen LogP contribution in [0.25, 0.3) is 0 Å². The number of carbonyl (C=O) groups excluding carboxylic acids is 2. The van der Waals surface area contributed by atoms with Crippen LogP contribution in [0.4, 0.5) is 0 Å². The topological polar surface area (TPSA) is 61.4 Å². The third kappa shape index (κ3) is 5.37. The molecule has 5 nitrogen and oxygen atoms in total. The lowest BCUT2D eigenvalue weighted by Crippen LogP contribution is -2.40. The molecule has 0 aliphatic heterocycles. The molecule has 1 rings (SSSR count). The van der Waals surface area contributed by atoms with Crippen LogP contribution in [-0.4, -0.2) is 50.4 Å². The summed E-state index contributed by atoms with van der Waals surface area (Å²) in [5.41, 5.74) is 0. The van der Waals surface area contributed by atoms with Crippen molar-refractivity contribution >= 4 is 11.8 Å². The van der Waals surface area contributed by atoms with Crippen LogP contribution in [0.2, 0.25) is 0 Å². The van der Waals surface area contributed by atoms with Crippen LogP contribution in [0.1, 0.15) is 12.8 Å². The van der Waals surface area contributed by atoms with Crippen molar-refractivity contribution in [1.82, 2.24) is 15.5 Å². The fourth-order valence-electron chi connectivity index (χ4n) is 1.11. The van der Waals surface area contributed by atoms with Gasteiger partial charge in [-0.15, -0.1) is 0 Å². The van der Waals surface area contributed by atoms with Gasteiger partial charge in [0.15, 0.2) is 0 Å². The van der Waals surface area contributed by atoms with Gasteiger partial charge in [0.1, 0.15) is 0 Å². The smallest absolute Gasteiger partial charge is 0.241 e. The molecule has 1 aliphatic rings. The zero-order valence-corrected chi connectivity index (χ0v) is 9.38. The average Bonchev–Trinajstić information content (AvgIpc) is 2.97. The van der Waals surface area contributed by atoms with Gasteiger partial charge in [0.25, 0.3) is 0 Å². The fraction of sp³-hybridized carbons (Fsp3) is 0.800. The SMILES string of the molecule is CN(C)C(=O)CNC(=O)CNCC1CC1. The molecule has 2 N–H and O–H groups in total. The van der Waals surface area contributed by atoms with E-state index in [0.717, 1.165) is 12.5 Å². The second kappa shape index (κ2) is 5.70. The zero-order chi connectivity index (χ0) is 11.3. The van der Waals surface area contributed by atoms with E-state index in [9.17, 15) is 9.59 Å². The van der Waals surface area contributed by atoms with E-state index in [1.165, 1.54) is 17.7 Å². The Kier molecular flexibility index (Phi) is 4.55. The predicted octanol–water partition coefficient (Wildman–Crippen LogP) is -0.810. The van der Waals surface area contributed by atoms with E-state index >= 15 is 0 Å². The summed E-state index contributed by atoms with van der Waals surface area (Å²) in [4.78, 5) is 23.8. The van der Waals surface area contributed by atoms with E-state index in [4.69, 9.17) is 0 Å². The predicted molar refractivity (Wildman–Crippen MR) is 57.3 cm³/mol. The number of likely N-dealkylation sites (N-methyl/N-ethyl adjacent to an activating group) is 1. The Hall–Kier alpha value is -1.10. The normalized spacial score (nSPS) is 14.8. The van der Waals surface area contributed by atoms with Crippen molar-refractivity contribution in [2.45, 2.75) is 12.8 Å². The molecule has 0 atom stereocenters. The number of rotatable bonds is 6. The van der Waals surface area contributed by atoms with Gasteiger partial charge in [0, 0.05) is 14.1 Å². The Morgan fingerprint density at radius 2 is 1.93 bits per heavy atom. The van der Waals surface area contributed by atoms with Crippen LogP contribution in [0, 0.1) is 5.92 Å². The van der Waals surface area contributed by atoms with Gasteiger partial charge < -0.3 is 15.5 Å². The highest BCUT2D eigenvalue weighted by Gasteiger charge is 2.20. The molecule has 0 aromatic heterocycles. The molecule has 1 fully saturated rings. The molecule has 0 heterocycles. The first-order valence-corrected chi connectivity index (χ1v) is 5.27. The largest absolute Gasteiger partial charge is 0.347 e. The highest BCUT2D eigenvalue weighted by Crippen LogP contribution is 2.27. The number of hydrogen-bond donors (Lipinski definition) is 2. The van der Waals surface area contributed by atoms with E-state index in [0.29, 0.717) is 6.54 Å². The van der Waals surface area contributed by atoms with Gasteiger partial charge in [-0.05, 0) is 25.3 Å². The number of nitrogens with zero attached hydrogens (tertiary/aromatic N) is 1. The monoisotopic (exact) mass is 213 g/mol. The minimum atomic E-state index is -0.120. The highest BCUT2D eigenvalue weighted by molar-refractivity contribution is 5.85. The second-order valence-corrected chi connectivity index (χ2v) is 4.14. The Labute approximate surface area is 90.2 Å². The molecule has 1 aliphatic carbocycles. The molecule has 5 heteroatoms. The van der Waals surface area contributed by atoms with E-state index in [1.807, 2.05) is 0 Å². The number of hydrogen-bond acceptors (Lipinski definition) is 3. The molecule has 0 radical (unpaired) electrons. The van der Waals surface area contributed by atoms with Gasteiger partial charge in [-0.3, -0.25) is 9.59 Å². The molecule has 0 spiro atoms. The van der Waals surface area contributed by atoms with Crippen molar-refractivity contribution < 1.29 is 9.59 Å². The van der Waals surface area contributed by atoms with E-state index in [2.05, 4.69) is 10.6 Å². The van der Waals surface area contributed by atoms with Crippen molar-refractivity contribution in [2.24, 2.45) is 5.92 Å². The Bertz CT molecular complexity index is 237. The molecule has 0 aromatic rings. The number of carbonyl (C=O) groups is 2. The first-order valence-electron chi connectivity index (χ1n) is 5.27. The molecule has 86 valence electrons. The van der Waals surface area contributed by atoms with Gasteiger partial charge in [0.05, 0.1) is 13.1 Å². The van der Waals surface area contributed by atoms with E-state index in [1.54, 1.807) is 14.1 Å². The summed E-state index contributed by atoms with van der Waals surface area (Å²) in [6.07, 6.45) is 2.54. The molecule has 1 saturated carbocycles. The van der Waals surface area contributed by atoms with Crippen molar-refractivity contribution in [3.8, 4) is 0 Å². The minimum Gasteiger partial charge on any atom is -0.347 e. The summed E-state index contributed by atoms with van der Waals surface area (Å²) in [5, 5.41) is 5.63. The molecule has 15 heavy (non-hydrogen) atoms. The molecular formula is C10H19N3O2. The maximum absolute atomic E-state index is 11.2. The van der Waals surface area contributed by atoms with Crippen LogP contribution in [0.3, 0.4) is 0 Å². The van der Waals surface area contributed by atoms with Gasteiger partial charge in [-0.25, -0.2) is 0 Å². The van der Waals surface area contributed by atoms with Crippen molar-refractivity contribution in [3.63, 3.8) is 0 Å². The van der Waals surface area contributed by atoms with Crippen LogP contribution in [0.15, 0.2) is 0 Å². The summed E-state index contributed by atoms with van der Waals surface area (Å²) < 4.78 is 0. The lowest BCUT2D eigenvalue weighted by atomic mass is 10.4. The first-order chi connectivity index (χ1) is 7.09. The second-order valence-electron chi connectivity index (χ2n) is 4.14. The lowest BCUT2D eigenvalue weighted by molar-refractivity contribution is -0.130. The zero-order valence-electron chi connectivity index (χ0n) is 9.38. The summed E-state index contributed by atoms with van der Waals surface area (Å²) in [6, 6.07) is 0. The quantitative estimate of drug-likeness (QED) is 0.606. The molecule has 0 saturated heterocycles.